The molecule has 2 atom stereocenters. The zero-order valence-electron chi connectivity index (χ0n) is 38.9. The fourth-order valence-corrected chi connectivity index (χ4v) is 8.83. The average Bonchev–Trinajstić information content (AvgIpc) is 3.96. The lowest BCUT2D eigenvalue weighted by atomic mass is 9.99. The third-order valence-corrected chi connectivity index (χ3v) is 12.4. The number of carboxylic acid groups (broad SMARTS) is 1. The maximum absolute atomic E-state index is 14.3. The van der Waals surface area contributed by atoms with Gasteiger partial charge in [0.15, 0.2) is 17.6 Å². The summed E-state index contributed by atoms with van der Waals surface area (Å²) in [6, 6.07) is 25.4. The van der Waals surface area contributed by atoms with Crippen molar-refractivity contribution in [2.24, 2.45) is 7.05 Å². The number of carbonyl (C=O) groups is 2. The van der Waals surface area contributed by atoms with Gasteiger partial charge in [-0.15, -0.1) is 0 Å². The van der Waals surface area contributed by atoms with Crippen LogP contribution in [0.25, 0.3) is 66.4 Å². The molecule has 0 radical (unpaired) electrons. The number of carboxylic acids is 1. The number of anilines is 2. The number of alkyl halides is 6. The molecule has 0 spiro atoms. The number of hydrogen-bond acceptors (Lipinski definition) is 11. The Kier molecular flexibility index (Phi) is 12.1. The van der Waals surface area contributed by atoms with Crippen molar-refractivity contribution in [2.75, 3.05) is 10.6 Å². The van der Waals surface area contributed by atoms with E-state index in [1.165, 1.54) is 41.9 Å². The number of nitrogens with zero attached hydrogens (tertiary/aromatic N) is 4. The molecular formula is C54H38F6N6O8. The van der Waals surface area contributed by atoms with E-state index in [-0.39, 0.29) is 67.1 Å². The lowest BCUT2D eigenvalue weighted by Crippen LogP contribution is -2.16. The van der Waals surface area contributed by atoms with E-state index in [0.29, 0.717) is 33.6 Å². The maximum Gasteiger partial charge on any atom is 0.416 e. The second kappa shape index (κ2) is 18.4. The standard InChI is InChI=1S/C54H38F6N6O8/c1-27(61-43-10-6-4-8-35(43)51(69)70)37-18-33(53(55,56)57)20-39-46(68)23-48(74-49(37)39)30-13-15-42-32(17-30)25-66(64-42)26-72-52(71)36-9-5-7-11-44(36)62-28(2)38-19-34(54(58,59)60)21-40-45(67)22-47(73-50(38)40)29-12-14-41-31(16-29)24-65(3)63-41/h4-25,27-28,61-62H,26H2,1-3H3,(H,69,70)/t27-,28+/m1/s1. The molecule has 374 valence electrons. The highest BCUT2D eigenvalue weighted by Gasteiger charge is 2.35. The summed E-state index contributed by atoms with van der Waals surface area (Å²) in [6.07, 6.45) is -6.34. The van der Waals surface area contributed by atoms with Crippen LogP contribution < -0.4 is 21.5 Å². The average molecular weight is 1010 g/mol. The minimum Gasteiger partial charge on any atom is -0.478 e. The third kappa shape index (κ3) is 9.39. The Morgan fingerprint density at radius 2 is 1.11 bits per heavy atom. The summed E-state index contributed by atoms with van der Waals surface area (Å²) in [5, 5.41) is 25.2. The maximum atomic E-state index is 14.3. The van der Waals surface area contributed by atoms with Crippen molar-refractivity contribution in [2.45, 2.75) is 45.0 Å². The van der Waals surface area contributed by atoms with Gasteiger partial charge in [0.05, 0.1) is 56.1 Å². The number of nitrogens with one attached hydrogen (secondary N) is 2. The van der Waals surface area contributed by atoms with Crippen LogP contribution in [0.3, 0.4) is 0 Å². The highest BCUT2D eigenvalue weighted by molar-refractivity contribution is 5.96. The first-order valence-corrected chi connectivity index (χ1v) is 22.6. The minimum atomic E-state index is -4.83. The number of hydrogen-bond donors (Lipinski definition) is 3. The van der Waals surface area contributed by atoms with Gasteiger partial charge in [-0.2, -0.15) is 36.5 Å². The van der Waals surface area contributed by atoms with Crippen molar-refractivity contribution < 1.29 is 54.6 Å². The van der Waals surface area contributed by atoms with Crippen LogP contribution in [-0.4, -0.2) is 36.6 Å². The number of esters is 1. The van der Waals surface area contributed by atoms with Gasteiger partial charge >= 0.3 is 24.3 Å². The zero-order valence-corrected chi connectivity index (χ0v) is 38.9. The summed E-state index contributed by atoms with van der Waals surface area (Å²) < 4.78 is 106. The van der Waals surface area contributed by atoms with Crippen molar-refractivity contribution >= 4 is 67.1 Å². The van der Waals surface area contributed by atoms with Gasteiger partial charge < -0.3 is 29.3 Å². The monoisotopic (exact) mass is 1010 g/mol. The summed E-state index contributed by atoms with van der Waals surface area (Å²) in [4.78, 5) is 52.7. The number of para-hydroxylation sites is 2. The number of benzene rings is 6. The predicted molar refractivity (Wildman–Crippen MR) is 263 cm³/mol. The Balaban J connectivity index is 0.908. The van der Waals surface area contributed by atoms with Crippen LogP contribution in [0.5, 0.6) is 0 Å². The lowest BCUT2D eigenvalue weighted by Gasteiger charge is -2.21. The van der Waals surface area contributed by atoms with Crippen molar-refractivity contribution in [1.82, 2.24) is 19.6 Å². The van der Waals surface area contributed by atoms with E-state index >= 15 is 0 Å². The highest BCUT2D eigenvalue weighted by atomic mass is 19.4. The van der Waals surface area contributed by atoms with Gasteiger partial charge in [0.2, 0.25) is 0 Å². The quantitative estimate of drug-likeness (QED) is 0.0779. The first kappa shape index (κ1) is 48.4. The van der Waals surface area contributed by atoms with E-state index in [4.69, 9.17) is 13.6 Å². The van der Waals surface area contributed by atoms with E-state index in [0.717, 1.165) is 35.7 Å². The molecule has 0 bridgehead atoms. The summed E-state index contributed by atoms with van der Waals surface area (Å²) in [7, 11) is 1.75. The summed E-state index contributed by atoms with van der Waals surface area (Å²) >= 11 is 0. The molecule has 14 nitrogen and oxygen atoms in total. The number of fused-ring (bicyclic) bond motifs is 4. The van der Waals surface area contributed by atoms with Crippen LogP contribution in [-0.2, 0) is 30.9 Å². The van der Waals surface area contributed by atoms with Gasteiger partial charge in [-0.05, 0) is 98.8 Å². The molecule has 0 saturated carbocycles. The van der Waals surface area contributed by atoms with Gasteiger partial charge in [-0.25, -0.2) is 14.3 Å². The molecule has 0 unspecified atom stereocenters. The normalized spacial score (nSPS) is 12.9. The molecule has 10 aromatic rings. The number of rotatable bonds is 12. The number of carbonyl (C=O) groups excluding carboxylic acids is 1. The Morgan fingerprint density at radius 1 is 0.635 bits per heavy atom. The van der Waals surface area contributed by atoms with E-state index in [2.05, 4.69) is 20.8 Å². The van der Waals surface area contributed by atoms with Gasteiger partial charge in [0.1, 0.15) is 22.7 Å². The number of ether oxygens (including phenoxy) is 1. The molecule has 0 fully saturated rings. The SMILES string of the molecule is C[C@H](Nc1ccccc1C(=O)OCn1cc2cc(-c3cc(=O)c4cc(C(F)(F)F)cc([C@@H](C)Nc5ccccc5C(=O)O)c4o3)ccc2n1)c1cc(C(F)(F)F)cc2c(=O)cc(-c3ccc4nn(C)cc4c3)oc12. The molecule has 0 aliphatic carbocycles. The Hall–Kier alpha value is -9.20. The molecule has 3 N–H and O–H groups in total. The molecule has 0 aliphatic rings. The molecule has 20 heteroatoms. The Bertz CT molecular complexity index is 4030. The second-order valence-electron chi connectivity index (χ2n) is 17.5. The predicted octanol–water partition coefficient (Wildman–Crippen LogP) is 12.4. The van der Waals surface area contributed by atoms with Crippen LogP contribution >= 0.6 is 0 Å². The number of aromatic nitrogens is 4. The number of aryl methyl sites for hydroxylation is 1. The first-order valence-electron chi connectivity index (χ1n) is 22.6. The minimum absolute atomic E-state index is 0.00413. The highest BCUT2D eigenvalue weighted by Crippen LogP contribution is 2.39. The van der Waals surface area contributed by atoms with E-state index in [1.807, 2.05) is 0 Å². The first-order chi connectivity index (χ1) is 35.2. The van der Waals surface area contributed by atoms with Crippen molar-refractivity contribution in [3.63, 3.8) is 0 Å². The van der Waals surface area contributed by atoms with Crippen LogP contribution in [0.15, 0.2) is 152 Å². The van der Waals surface area contributed by atoms with Gasteiger partial charge in [0, 0.05) is 76.0 Å². The van der Waals surface area contributed by atoms with Crippen LogP contribution in [0.2, 0.25) is 0 Å². The van der Waals surface area contributed by atoms with E-state index in [9.17, 15) is 50.6 Å². The Morgan fingerprint density at radius 3 is 1.62 bits per heavy atom. The smallest absolute Gasteiger partial charge is 0.416 e. The van der Waals surface area contributed by atoms with E-state index < -0.39 is 65.1 Å². The largest absolute Gasteiger partial charge is 0.478 e. The van der Waals surface area contributed by atoms with E-state index in [1.54, 1.807) is 85.6 Å². The van der Waals surface area contributed by atoms with Crippen molar-refractivity contribution in [1.29, 1.82) is 0 Å². The van der Waals surface area contributed by atoms with Crippen LogP contribution in [0.1, 0.15) is 68.9 Å². The fraction of sp³-hybridized carbons (Fsp3) is 0.148. The topological polar surface area (TPSA) is 184 Å². The van der Waals surface area contributed by atoms with Gasteiger partial charge in [-0.1, -0.05) is 24.3 Å². The molecule has 0 amide bonds. The summed E-state index contributed by atoms with van der Waals surface area (Å²) in [5.74, 6) is -1.96. The zero-order chi connectivity index (χ0) is 52.4. The molecule has 4 aromatic heterocycles. The lowest BCUT2D eigenvalue weighted by molar-refractivity contribution is -0.138. The Labute approximate surface area is 413 Å². The summed E-state index contributed by atoms with van der Waals surface area (Å²) in [6.45, 7) is 2.66. The van der Waals surface area contributed by atoms with Crippen LogP contribution in [0.4, 0.5) is 37.7 Å². The van der Waals surface area contributed by atoms with Crippen LogP contribution in [0, 0.1) is 0 Å². The molecular weight excluding hydrogens is 975 g/mol. The number of halogens is 6. The molecule has 0 aliphatic heterocycles. The summed E-state index contributed by atoms with van der Waals surface area (Å²) in [5.41, 5.74) is -1.76. The van der Waals surface area contributed by atoms with Crippen molar-refractivity contribution in [3.8, 4) is 22.6 Å². The van der Waals surface area contributed by atoms with Gasteiger partial charge in [-0.3, -0.25) is 14.3 Å². The molecule has 0 saturated heterocycles. The van der Waals surface area contributed by atoms with Crippen molar-refractivity contribution in [3.05, 3.63) is 188 Å². The van der Waals surface area contributed by atoms with Gasteiger partial charge in [0.25, 0.3) is 0 Å². The molecule has 74 heavy (non-hydrogen) atoms. The fourth-order valence-electron chi connectivity index (χ4n) is 8.83. The molecule has 6 aromatic carbocycles. The number of aromatic carboxylic acids is 1. The molecule has 10 rings (SSSR count). The second-order valence-corrected chi connectivity index (χ2v) is 17.5. The third-order valence-electron chi connectivity index (χ3n) is 12.4. The molecule has 4 heterocycles.